The number of fused-ring (bicyclic) bond motifs is 2. The summed E-state index contributed by atoms with van der Waals surface area (Å²) in [5.41, 5.74) is 5.12. The van der Waals surface area contributed by atoms with Crippen molar-refractivity contribution in [3.63, 3.8) is 0 Å². The van der Waals surface area contributed by atoms with Crippen molar-refractivity contribution in [1.82, 2.24) is 29.9 Å². The molecular weight excluding hydrogens is 391 g/mol. The molecule has 5 aromatic rings. The van der Waals surface area contributed by atoms with Crippen LogP contribution in [0.1, 0.15) is 16.8 Å². The van der Waals surface area contributed by atoms with Crippen LogP contribution in [0.15, 0.2) is 73.7 Å². The van der Waals surface area contributed by atoms with Crippen LogP contribution in [-0.2, 0) is 6.42 Å². The Balaban J connectivity index is 1.51. The van der Waals surface area contributed by atoms with Crippen molar-refractivity contribution in [2.24, 2.45) is 0 Å². The Morgan fingerprint density at radius 3 is 2.77 bits per heavy atom. The first-order valence-corrected chi connectivity index (χ1v) is 9.82. The van der Waals surface area contributed by atoms with Gasteiger partial charge in [-0.15, -0.1) is 0 Å². The summed E-state index contributed by atoms with van der Waals surface area (Å²) in [7, 11) is 1.71. The monoisotopic (exact) mass is 410 g/mol. The van der Waals surface area contributed by atoms with E-state index in [0.717, 1.165) is 22.2 Å². The Bertz CT molecular complexity index is 1440. The average Bonchev–Trinajstić information content (AvgIpc) is 3.20. The molecule has 152 valence electrons. The van der Waals surface area contributed by atoms with Gasteiger partial charge >= 0.3 is 0 Å². The zero-order valence-corrected chi connectivity index (χ0v) is 16.9. The minimum absolute atomic E-state index is 0.366. The molecule has 0 atom stereocenters. The van der Waals surface area contributed by atoms with E-state index in [4.69, 9.17) is 0 Å². The quantitative estimate of drug-likeness (QED) is 0.469. The number of benzene rings is 2. The lowest BCUT2D eigenvalue weighted by Crippen LogP contribution is -2.05. The van der Waals surface area contributed by atoms with Crippen molar-refractivity contribution in [2.75, 3.05) is 7.05 Å². The second-order valence-electron chi connectivity index (χ2n) is 7.24. The summed E-state index contributed by atoms with van der Waals surface area (Å²) in [6, 6.07) is 15.1. The number of hydrogen-bond donors (Lipinski definition) is 1. The molecule has 2 aromatic carbocycles. The van der Waals surface area contributed by atoms with Crippen molar-refractivity contribution in [3.05, 3.63) is 96.3 Å². The summed E-state index contributed by atoms with van der Waals surface area (Å²) in [5.74, 6) is 0.135. The van der Waals surface area contributed by atoms with Crippen LogP contribution < -0.4 is 5.32 Å². The highest BCUT2D eigenvalue weighted by Gasteiger charge is 2.12. The molecule has 3 aromatic heterocycles. The molecule has 0 spiro atoms. The number of imidazole rings is 1. The van der Waals surface area contributed by atoms with Gasteiger partial charge in [0.05, 0.1) is 23.6 Å². The molecule has 7 heteroatoms. The van der Waals surface area contributed by atoms with Crippen LogP contribution >= 0.6 is 0 Å². The zero-order valence-electron chi connectivity index (χ0n) is 16.9. The number of nitrogens with zero attached hydrogens (tertiary/aromatic N) is 5. The molecule has 3 heterocycles. The van der Waals surface area contributed by atoms with Gasteiger partial charge in [0.1, 0.15) is 11.5 Å². The third-order valence-corrected chi connectivity index (χ3v) is 5.24. The number of nitrogens with one attached hydrogen (secondary N) is 1. The maximum Gasteiger partial charge on any atom is 0.250 e. The summed E-state index contributed by atoms with van der Waals surface area (Å²) in [6.45, 7) is 3.82. The molecule has 6 nitrogen and oxygen atoms in total. The molecular formula is C24H19FN6. The van der Waals surface area contributed by atoms with Crippen LogP contribution in [0, 0.1) is 5.82 Å². The fourth-order valence-electron chi connectivity index (χ4n) is 3.57. The number of pyridine rings is 1. The Morgan fingerprint density at radius 1 is 1.06 bits per heavy atom. The molecule has 0 aliphatic carbocycles. The lowest BCUT2D eigenvalue weighted by molar-refractivity contribution is 0.623. The summed E-state index contributed by atoms with van der Waals surface area (Å²) < 4.78 is 16.3. The SMILES string of the molecule is C=C(NC)c1ccc(-c2cnc3ncc(Cc4ccc5ncccc5c4)n3n2)cc1F. The van der Waals surface area contributed by atoms with E-state index in [9.17, 15) is 4.39 Å². The van der Waals surface area contributed by atoms with Crippen LogP contribution in [0.3, 0.4) is 0 Å². The van der Waals surface area contributed by atoms with Gasteiger partial charge in [0.25, 0.3) is 5.78 Å². The van der Waals surface area contributed by atoms with Crippen LogP contribution in [0.4, 0.5) is 4.39 Å². The fraction of sp³-hybridized carbons (Fsp3) is 0.0833. The van der Waals surface area contributed by atoms with Gasteiger partial charge in [-0.1, -0.05) is 24.8 Å². The molecule has 0 amide bonds. The number of halogens is 1. The minimum Gasteiger partial charge on any atom is -0.388 e. The van der Waals surface area contributed by atoms with E-state index < -0.39 is 0 Å². The summed E-state index contributed by atoms with van der Waals surface area (Å²) in [5, 5.41) is 8.62. The van der Waals surface area contributed by atoms with Crippen molar-refractivity contribution in [3.8, 4) is 11.3 Å². The highest BCUT2D eigenvalue weighted by atomic mass is 19.1. The number of rotatable bonds is 5. The molecule has 5 rings (SSSR count). The highest BCUT2D eigenvalue weighted by molar-refractivity contribution is 5.79. The van der Waals surface area contributed by atoms with E-state index in [1.54, 1.807) is 36.2 Å². The molecule has 31 heavy (non-hydrogen) atoms. The summed E-state index contributed by atoms with van der Waals surface area (Å²) in [6.07, 6.45) is 5.80. The number of aromatic nitrogens is 5. The molecule has 0 saturated carbocycles. The first kappa shape index (κ1) is 18.9. The van der Waals surface area contributed by atoms with Gasteiger partial charge in [-0.25, -0.2) is 18.9 Å². The zero-order chi connectivity index (χ0) is 21.4. The van der Waals surface area contributed by atoms with Crippen LogP contribution in [-0.4, -0.2) is 31.6 Å². The second-order valence-corrected chi connectivity index (χ2v) is 7.24. The largest absolute Gasteiger partial charge is 0.388 e. The van der Waals surface area contributed by atoms with Gasteiger partial charge in [-0.3, -0.25) is 4.98 Å². The maximum absolute atomic E-state index is 14.5. The summed E-state index contributed by atoms with van der Waals surface area (Å²) in [4.78, 5) is 13.1. The van der Waals surface area contributed by atoms with Crippen molar-refractivity contribution >= 4 is 22.4 Å². The average molecular weight is 410 g/mol. The standard InChI is InChI=1S/C24H19FN6/c1-15(26-2)20-7-6-18(12-21(20)25)23-14-29-24-28-13-19(31(24)30-23)11-16-5-8-22-17(10-16)4-3-9-27-22/h3-10,12-14,26H,1,11H2,2H3. The molecule has 0 aliphatic heterocycles. The van der Waals surface area contributed by atoms with Gasteiger partial charge < -0.3 is 5.32 Å². The predicted molar refractivity (Wildman–Crippen MR) is 119 cm³/mol. The van der Waals surface area contributed by atoms with Gasteiger partial charge in [0.2, 0.25) is 0 Å². The minimum atomic E-state index is -0.366. The van der Waals surface area contributed by atoms with Crippen molar-refractivity contribution < 1.29 is 4.39 Å². The molecule has 0 fully saturated rings. The van der Waals surface area contributed by atoms with Crippen LogP contribution in [0.5, 0.6) is 0 Å². The fourth-order valence-corrected chi connectivity index (χ4v) is 3.57. The van der Waals surface area contributed by atoms with Crippen LogP contribution in [0.25, 0.3) is 33.6 Å². The Hall–Kier alpha value is -4.13. The third kappa shape index (κ3) is 3.50. The van der Waals surface area contributed by atoms with E-state index in [-0.39, 0.29) is 5.82 Å². The van der Waals surface area contributed by atoms with Gasteiger partial charge in [-0.2, -0.15) is 5.10 Å². The Labute approximate surface area is 178 Å². The van der Waals surface area contributed by atoms with E-state index in [0.29, 0.717) is 34.7 Å². The molecule has 0 unspecified atom stereocenters. The molecule has 0 aliphatic rings. The maximum atomic E-state index is 14.5. The van der Waals surface area contributed by atoms with E-state index in [2.05, 4.69) is 44.1 Å². The lowest BCUT2D eigenvalue weighted by atomic mass is 10.1. The molecule has 0 radical (unpaired) electrons. The summed E-state index contributed by atoms with van der Waals surface area (Å²) >= 11 is 0. The molecule has 1 N–H and O–H groups in total. The number of hydrogen-bond acceptors (Lipinski definition) is 5. The third-order valence-electron chi connectivity index (χ3n) is 5.24. The second kappa shape index (κ2) is 7.60. The molecule has 0 saturated heterocycles. The van der Waals surface area contributed by atoms with E-state index in [1.807, 2.05) is 24.3 Å². The highest BCUT2D eigenvalue weighted by Crippen LogP contribution is 2.23. The smallest absolute Gasteiger partial charge is 0.250 e. The Kier molecular flexibility index (Phi) is 4.63. The van der Waals surface area contributed by atoms with Crippen LogP contribution in [0.2, 0.25) is 0 Å². The van der Waals surface area contributed by atoms with E-state index >= 15 is 0 Å². The van der Waals surface area contributed by atoms with Gasteiger partial charge in [0, 0.05) is 41.9 Å². The van der Waals surface area contributed by atoms with Gasteiger partial charge in [-0.05, 0) is 35.9 Å². The van der Waals surface area contributed by atoms with Crippen molar-refractivity contribution in [2.45, 2.75) is 6.42 Å². The van der Waals surface area contributed by atoms with Crippen molar-refractivity contribution in [1.29, 1.82) is 0 Å². The Morgan fingerprint density at radius 2 is 1.94 bits per heavy atom. The van der Waals surface area contributed by atoms with E-state index in [1.165, 1.54) is 6.07 Å². The topological polar surface area (TPSA) is 68.0 Å². The first-order valence-electron chi connectivity index (χ1n) is 9.82. The normalized spacial score (nSPS) is 11.2. The molecule has 0 bridgehead atoms. The predicted octanol–water partition coefficient (Wildman–Crippen LogP) is 4.26. The lowest BCUT2D eigenvalue weighted by Gasteiger charge is -2.09. The first-order chi connectivity index (χ1) is 15.1. The van der Waals surface area contributed by atoms with Gasteiger partial charge in [0.15, 0.2) is 0 Å².